The van der Waals surface area contributed by atoms with Gasteiger partial charge in [-0.1, -0.05) is 169 Å². The van der Waals surface area contributed by atoms with Crippen LogP contribution < -0.4 is 4.90 Å². The molecule has 0 N–H and O–H groups in total. The van der Waals surface area contributed by atoms with Crippen LogP contribution in [0.1, 0.15) is 22.3 Å². The van der Waals surface area contributed by atoms with Crippen molar-refractivity contribution in [2.45, 2.75) is 15.2 Å². The molecule has 58 heavy (non-hydrogen) atoms. The maximum absolute atomic E-state index is 2.50. The molecule has 0 fully saturated rings. The van der Waals surface area contributed by atoms with Gasteiger partial charge >= 0.3 is 0 Å². The van der Waals surface area contributed by atoms with Crippen molar-refractivity contribution in [3.05, 3.63) is 222 Å². The standard InChI is InChI=1S/C55H33NS2/c1-2-14-36-32-37(26-24-34(36)12-1)56(38-27-29-41-43-28-25-35-13-3-4-15-39(35)54(43)58-52(41)33-38)49-31-30-42-40-16-5-6-18-45(40)55(48-21-11-17-44(49)53(42)48)46-19-7-9-22-50(46)57-51-23-10-8-20-47(51)55/h1-33H. The van der Waals surface area contributed by atoms with E-state index in [4.69, 9.17) is 0 Å². The maximum Gasteiger partial charge on any atom is 0.0735 e. The van der Waals surface area contributed by atoms with E-state index < -0.39 is 5.41 Å². The molecule has 1 aliphatic carbocycles. The molecule has 11 aromatic rings. The first kappa shape index (κ1) is 32.4. The molecule has 1 aromatic heterocycles. The number of anilines is 3. The normalized spacial score (nSPS) is 13.6. The van der Waals surface area contributed by atoms with Crippen LogP contribution in [0.25, 0.3) is 63.6 Å². The van der Waals surface area contributed by atoms with Crippen molar-refractivity contribution in [2.75, 3.05) is 4.90 Å². The van der Waals surface area contributed by atoms with Gasteiger partial charge in [-0.2, -0.15) is 0 Å². The molecule has 2 aliphatic rings. The van der Waals surface area contributed by atoms with E-state index >= 15 is 0 Å². The Morgan fingerprint density at radius 1 is 0.379 bits per heavy atom. The summed E-state index contributed by atoms with van der Waals surface area (Å²) in [5.74, 6) is 0. The van der Waals surface area contributed by atoms with Gasteiger partial charge in [0, 0.05) is 46.7 Å². The lowest BCUT2D eigenvalue weighted by atomic mass is 9.59. The van der Waals surface area contributed by atoms with E-state index in [0.29, 0.717) is 0 Å². The van der Waals surface area contributed by atoms with Crippen molar-refractivity contribution in [3.8, 4) is 11.1 Å². The lowest BCUT2D eigenvalue weighted by Gasteiger charge is -2.46. The first-order valence-corrected chi connectivity index (χ1v) is 21.5. The Kier molecular flexibility index (Phi) is 6.81. The molecule has 0 saturated carbocycles. The number of thiophene rings is 1. The van der Waals surface area contributed by atoms with Gasteiger partial charge in [0.1, 0.15) is 0 Å². The third kappa shape index (κ3) is 4.38. The van der Waals surface area contributed by atoms with Crippen molar-refractivity contribution in [2.24, 2.45) is 0 Å². The molecule has 1 spiro atoms. The zero-order chi connectivity index (χ0) is 38.0. The first-order chi connectivity index (χ1) is 28.8. The molecule has 10 aromatic carbocycles. The minimum absolute atomic E-state index is 0.479. The summed E-state index contributed by atoms with van der Waals surface area (Å²) >= 11 is 3.80. The molecule has 2 heterocycles. The van der Waals surface area contributed by atoms with Crippen molar-refractivity contribution in [3.63, 3.8) is 0 Å². The molecule has 1 nitrogen and oxygen atoms in total. The number of benzene rings is 10. The van der Waals surface area contributed by atoms with E-state index in [-0.39, 0.29) is 0 Å². The van der Waals surface area contributed by atoms with Crippen LogP contribution in [-0.2, 0) is 5.41 Å². The number of hydrogen-bond donors (Lipinski definition) is 0. The highest BCUT2D eigenvalue weighted by atomic mass is 32.2. The molecule has 3 heteroatoms. The van der Waals surface area contributed by atoms with E-state index in [1.807, 2.05) is 23.1 Å². The SMILES string of the molecule is c1ccc2c(c1)Sc1ccccc1C21c2ccccc2-c2ccc(N(c3ccc4ccccc4c3)c3ccc4c(c3)sc3c5ccccc5ccc43)c3cccc1c23. The summed E-state index contributed by atoms with van der Waals surface area (Å²) < 4.78 is 2.64. The molecule has 270 valence electrons. The van der Waals surface area contributed by atoms with E-state index in [9.17, 15) is 0 Å². The van der Waals surface area contributed by atoms with Crippen molar-refractivity contribution in [1.29, 1.82) is 0 Å². The van der Waals surface area contributed by atoms with Crippen LogP contribution in [0.4, 0.5) is 17.1 Å². The van der Waals surface area contributed by atoms with Crippen LogP contribution in [0, 0.1) is 0 Å². The van der Waals surface area contributed by atoms with Gasteiger partial charge in [-0.15, -0.1) is 11.3 Å². The zero-order valence-corrected chi connectivity index (χ0v) is 32.9. The summed E-state index contributed by atoms with van der Waals surface area (Å²) in [5.41, 5.74) is 10.9. The van der Waals surface area contributed by atoms with Crippen molar-refractivity contribution >= 4 is 92.7 Å². The predicted molar refractivity (Wildman–Crippen MR) is 248 cm³/mol. The second-order valence-electron chi connectivity index (χ2n) is 15.6. The molecule has 0 atom stereocenters. The van der Waals surface area contributed by atoms with Crippen LogP contribution in [0.2, 0.25) is 0 Å². The van der Waals surface area contributed by atoms with E-state index in [1.165, 1.54) is 101 Å². The van der Waals surface area contributed by atoms with Crippen LogP contribution in [0.15, 0.2) is 210 Å². The van der Waals surface area contributed by atoms with Crippen LogP contribution >= 0.6 is 23.1 Å². The van der Waals surface area contributed by atoms with Gasteiger partial charge in [0.15, 0.2) is 0 Å². The zero-order valence-electron chi connectivity index (χ0n) is 31.3. The summed E-state index contributed by atoms with van der Waals surface area (Å²) in [5, 5.41) is 10.2. The van der Waals surface area contributed by atoms with Gasteiger partial charge in [-0.3, -0.25) is 0 Å². The number of hydrogen-bond acceptors (Lipinski definition) is 3. The smallest absolute Gasteiger partial charge is 0.0735 e. The molecule has 0 amide bonds. The highest BCUT2D eigenvalue weighted by molar-refractivity contribution is 7.99. The first-order valence-electron chi connectivity index (χ1n) is 19.9. The monoisotopic (exact) mass is 771 g/mol. The average Bonchev–Trinajstić information content (AvgIpc) is 3.67. The Morgan fingerprint density at radius 2 is 1.00 bits per heavy atom. The summed E-state index contributed by atoms with van der Waals surface area (Å²) in [7, 11) is 0. The van der Waals surface area contributed by atoms with Gasteiger partial charge < -0.3 is 4.90 Å². The van der Waals surface area contributed by atoms with Gasteiger partial charge in [0.2, 0.25) is 0 Å². The predicted octanol–water partition coefficient (Wildman–Crippen LogP) is 15.8. The second kappa shape index (κ2) is 12.2. The van der Waals surface area contributed by atoms with E-state index in [0.717, 1.165) is 11.4 Å². The average molecular weight is 772 g/mol. The van der Waals surface area contributed by atoms with Gasteiger partial charge in [-0.05, 0) is 103 Å². The van der Waals surface area contributed by atoms with Crippen LogP contribution in [0.3, 0.4) is 0 Å². The minimum atomic E-state index is -0.479. The summed E-state index contributed by atoms with van der Waals surface area (Å²) in [4.78, 5) is 5.13. The molecule has 1 aliphatic heterocycles. The molecule has 0 bridgehead atoms. The highest BCUT2D eigenvalue weighted by Gasteiger charge is 2.48. The third-order valence-corrected chi connectivity index (χ3v) is 15.0. The molecule has 13 rings (SSSR count). The summed E-state index contributed by atoms with van der Waals surface area (Å²) in [6.07, 6.45) is 0. The van der Waals surface area contributed by atoms with Gasteiger partial charge in [0.25, 0.3) is 0 Å². The van der Waals surface area contributed by atoms with Crippen molar-refractivity contribution in [1.82, 2.24) is 0 Å². The van der Waals surface area contributed by atoms with E-state index in [2.05, 4.69) is 205 Å². The minimum Gasteiger partial charge on any atom is -0.310 e. The van der Waals surface area contributed by atoms with Crippen LogP contribution in [0.5, 0.6) is 0 Å². The fraction of sp³-hybridized carbons (Fsp3) is 0.0182. The molecular formula is C55H33NS2. The summed E-state index contributed by atoms with van der Waals surface area (Å²) in [6, 6.07) is 75.2. The number of rotatable bonds is 3. The largest absolute Gasteiger partial charge is 0.310 e. The second-order valence-corrected chi connectivity index (χ2v) is 17.7. The molecular weight excluding hydrogens is 739 g/mol. The van der Waals surface area contributed by atoms with E-state index in [1.54, 1.807) is 0 Å². The Morgan fingerprint density at radius 3 is 1.84 bits per heavy atom. The summed E-state index contributed by atoms with van der Waals surface area (Å²) in [6.45, 7) is 0. The lowest BCUT2D eigenvalue weighted by Crippen LogP contribution is -2.36. The molecule has 0 saturated heterocycles. The fourth-order valence-corrected chi connectivity index (χ4v) is 12.7. The molecule has 0 unspecified atom stereocenters. The molecule has 0 radical (unpaired) electrons. The van der Waals surface area contributed by atoms with Crippen LogP contribution in [-0.4, -0.2) is 0 Å². The van der Waals surface area contributed by atoms with Gasteiger partial charge in [-0.25, -0.2) is 0 Å². The van der Waals surface area contributed by atoms with Gasteiger partial charge in [0.05, 0.1) is 11.1 Å². The Bertz CT molecular complexity index is 3480. The Balaban J connectivity index is 1.12. The topological polar surface area (TPSA) is 3.24 Å². The quantitative estimate of drug-likeness (QED) is 0.176. The third-order valence-electron chi connectivity index (χ3n) is 12.7. The number of nitrogens with zero attached hydrogens (tertiary/aromatic N) is 1. The highest BCUT2D eigenvalue weighted by Crippen LogP contribution is 2.62. The Labute approximate surface area is 344 Å². The maximum atomic E-state index is 2.50. The van der Waals surface area contributed by atoms with Crippen molar-refractivity contribution < 1.29 is 0 Å². The lowest BCUT2D eigenvalue weighted by molar-refractivity contribution is 0.707. The number of fused-ring (bicyclic) bond motifs is 14. The Hall–Kier alpha value is -6.65. The fourth-order valence-electron chi connectivity index (χ4n) is 10.3.